The van der Waals surface area contributed by atoms with Crippen LogP contribution in [0.1, 0.15) is 28.4 Å². The van der Waals surface area contributed by atoms with Crippen LogP contribution in [0.5, 0.6) is 0 Å². The van der Waals surface area contributed by atoms with E-state index in [-0.39, 0.29) is 11.9 Å². The highest BCUT2D eigenvalue weighted by Gasteiger charge is 2.18. The fraction of sp³-hybridized carbons (Fsp3) is 0.333. The summed E-state index contributed by atoms with van der Waals surface area (Å²) >= 11 is 1.59. The predicted molar refractivity (Wildman–Crippen MR) is 81.5 cm³/mol. The van der Waals surface area contributed by atoms with Crippen LogP contribution >= 0.6 is 11.3 Å². The Balaban J connectivity index is 1.91. The lowest BCUT2D eigenvalue weighted by Crippen LogP contribution is -2.42. The summed E-state index contributed by atoms with van der Waals surface area (Å²) in [4.78, 5) is 17.5. The van der Waals surface area contributed by atoms with Gasteiger partial charge in [-0.1, -0.05) is 30.3 Å². The van der Waals surface area contributed by atoms with Crippen molar-refractivity contribution in [3.05, 3.63) is 52.0 Å². The molecule has 3 N–H and O–H groups in total. The minimum atomic E-state index is -0.541. The second-order valence-corrected chi connectivity index (χ2v) is 6.10. The van der Waals surface area contributed by atoms with Gasteiger partial charge in [0.2, 0.25) is 5.91 Å². The molecule has 2 rings (SSSR count). The maximum absolute atomic E-state index is 12.1. The van der Waals surface area contributed by atoms with Crippen LogP contribution in [0.4, 0.5) is 0 Å². The van der Waals surface area contributed by atoms with Gasteiger partial charge >= 0.3 is 0 Å². The summed E-state index contributed by atoms with van der Waals surface area (Å²) in [5, 5.41) is 3.82. The molecule has 2 atom stereocenters. The Kier molecular flexibility index (Phi) is 4.87. The monoisotopic (exact) mass is 289 g/mol. The number of nitrogens with one attached hydrogen (secondary N) is 1. The highest BCUT2D eigenvalue weighted by atomic mass is 32.1. The number of hydrogen-bond acceptors (Lipinski definition) is 4. The average Bonchev–Trinajstić information content (AvgIpc) is 2.86. The Morgan fingerprint density at radius 2 is 2.10 bits per heavy atom. The number of benzene rings is 1. The Morgan fingerprint density at radius 1 is 1.40 bits per heavy atom. The van der Waals surface area contributed by atoms with Gasteiger partial charge in [-0.05, 0) is 25.8 Å². The highest BCUT2D eigenvalue weighted by Crippen LogP contribution is 2.18. The van der Waals surface area contributed by atoms with Gasteiger partial charge in [0, 0.05) is 11.1 Å². The Hall–Kier alpha value is -1.72. The van der Waals surface area contributed by atoms with Crippen LogP contribution in [0.3, 0.4) is 0 Å². The lowest BCUT2D eigenvalue weighted by Gasteiger charge is -2.16. The van der Waals surface area contributed by atoms with E-state index in [1.807, 2.05) is 50.4 Å². The molecule has 0 saturated heterocycles. The summed E-state index contributed by atoms with van der Waals surface area (Å²) < 4.78 is 0. The number of nitrogens with zero attached hydrogens (tertiary/aromatic N) is 1. The van der Waals surface area contributed by atoms with Crippen molar-refractivity contribution in [2.75, 3.05) is 0 Å². The summed E-state index contributed by atoms with van der Waals surface area (Å²) in [5.74, 6) is -0.144. The molecule has 1 unspecified atom stereocenters. The van der Waals surface area contributed by atoms with E-state index in [1.165, 1.54) is 0 Å². The molecular formula is C15H19N3OS. The van der Waals surface area contributed by atoms with Crippen LogP contribution in [0.15, 0.2) is 36.5 Å². The van der Waals surface area contributed by atoms with Crippen molar-refractivity contribution in [1.29, 1.82) is 0 Å². The Labute approximate surface area is 123 Å². The number of aryl methyl sites for hydroxylation is 1. The van der Waals surface area contributed by atoms with Gasteiger partial charge in [0.05, 0.1) is 12.1 Å². The fourth-order valence-corrected chi connectivity index (χ4v) is 2.69. The molecule has 0 aliphatic heterocycles. The molecule has 1 aromatic carbocycles. The fourth-order valence-electron chi connectivity index (χ4n) is 1.92. The molecular weight excluding hydrogens is 270 g/mol. The van der Waals surface area contributed by atoms with Gasteiger partial charge in [0.1, 0.15) is 5.01 Å². The number of thiazole rings is 1. The third-order valence-electron chi connectivity index (χ3n) is 3.00. The van der Waals surface area contributed by atoms with E-state index in [4.69, 9.17) is 5.73 Å². The first kappa shape index (κ1) is 14.7. The third kappa shape index (κ3) is 3.88. The summed E-state index contributed by atoms with van der Waals surface area (Å²) in [7, 11) is 0. The molecule has 0 saturated carbocycles. The minimum Gasteiger partial charge on any atom is -0.346 e. The number of nitrogens with two attached hydrogens (primary N) is 1. The van der Waals surface area contributed by atoms with Gasteiger partial charge in [0.15, 0.2) is 0 Å². The minimum absolute atomic E-state index is 0.108. The number of aromatic nitrogens is 1. The largest absolute Gasteiger partial charge is 0.346 e. The van der Waals surface area contributed by atoms with E-state index in [0.29, 0.717) is 6.42 Å². The molecule has 4 nitrogen and oxygen atoms in total. The highest BCUT2D eigenvalue weighted by molar-refractivity contribution is 7.11. The molecule has 20 heavy (non-hydrogen) atoms. The van der Waals surface area contributed by atoms with Crippen LogP contribution < -0.4 is 11.1 Å². The topological polar surface area (TPSA) is 68.0 Å². The van der Waals surface area contributed by atoms with Gasteiger partial charge in [-0.2, -0.15) is 0 Å². The van der Waals surface area contributed by atoms with E-state index >= 15 is 0 Å². The first-order valence-electron chi connectivity index (χ1n) is 6.58. The first-order chi connectivity index (χ1) is 9.56. The van der Waals surface area contributed by atoms with Crippen LogP contribution in [-0.4, -0.2) is 16.9 Å². The SMILES string of the molecule is Cc1cnc(C(C)NC(=O)[C@@H](N)Cc2ccccc2)s1. The van der Waals surface area contributed by atoms with Crippen molar-refractivity contribution >= 4 is 17.2 Å². The summed E-state index contributed by atoms with van der Waals surface area (Å²) in [6.45, 7) is 3.92. The molecule has 1 heterocycles. The Bertz CT molecular complexity index is 568. The van der Waals surface area contributed by atoms with Crippen LogP contribution in [0.2, 0.25) is 0 Å². The van der Waals surface area contributed by atoms with E-state index in [0.717, 1.165) is 15.4 Å². The zero-order valence-electron chi connectivity index (χ0n) is 11.7. The second kappa shape index (κ2) is 6.63. The van der Waals surface area contributed by atoms with Crippen molar-refractivity contribution < 1.29 is 4.79 Å². The average molecular weight is 289 g/mol. The lowest BCUT2D eigenvalue weighted by atomic mass is 10.1. The number of carbonyl (C=O) groups is 1. The van der Waals surface area contributed by atoms with E-state index in [9.17, 15) is 4.79 Å². The summed E-state index contributed by atoms with van der Waals surface area (Å²) in [6.07, 6.45) is 2.35. The van der Waals surface area contributed by atoms with E-state index in [1.54, 1.807) is 11.3 Å². The molecule has 0 bridgehead atoms. The van der Waals surface area contributed by atoms with E-state index < -0.39 is 6.04 Å². The van der Waals surface area contributed by atoms with Crippen LogP contribution in [-0.2, 0) is 11.2 Å². The van der Waals surface area contributed by atoms with Crippen molar-refractivity contribution in [2.45, 2.75) is 32.4 Å². The molecule has 0 spiro atoms. The predicted octanol–water partition coefficient (Wildman–Crippen LogP) is 2.20. The maximum atomic E-state index is 12.1. The lowest BCUT2D eigenvalue weighted by molar-refractivity contribution is -0.123. The number of amides is 1. The van der Waals surface area contributed by atoms with Crippen LogP contribution in [0.25, 0.3) is 0 Å². The standard InChI is InChI=1S/C15H19N3OS/c1-10-9-17-15(20-10)11(2)18-14(19)13(16)8-12-6-4-3-5-7-12/h3-7,9,11,13H,8,16H2,1-2H3,(H,18,19)/t11?,13-/m0/s1. The summed E-state index contributed by atoms with van der Waals surface area (Å²) in [5.41, 5.74) is 7.01. The van der Waals surface area contributed by atoms with Crippen molar-refractivity contribution in [2.24, 2.45) is 5.73 Å². The zero-order chi connectivity index (χ0) is 14.5. The van der Waals surface area contributed by atoms with Gasteiger partial charge in [-0.25, -0.2) is 4.98 Å². The molecule has 106 valence electrons. The molecule has 0 aliphatic carbocycles. The molecule has 2 aromatic rings. The van der Waals surface area contributed by atoms with Crippen LogP contribution in [0, 0.1) is 6.92 Å². The molecule has 0 radical (unpaired) electrons. The normalized spacial score (nSPS) is 13.8. The molecule has 1 amide bonds. The molecule has 0 aliphatic rings. The zero-order valence-corrected chi connectivity index (χ0v) is 12.5. The first-order valence-corrected chi connectivity index (χ1v) is 7.40. The van der Waals surface area contributed by atoms with Gasteiger partial charge in [-0.3, -0.25) is 4.79 Å². The Morgan fingerprint density at radius 3 is 2.70 bits per heavy atom. The van der Waals surface area contributed by atoms with Crippen molar-refractivity contribution in [3.8, 4) is 0 Å². The number of carbonyl (C=O) groups excluding carboxylic acids is 1. The van der Waals surface area contributed by atoms with Crippen molar-refractivity contribution in [3.63, 3.8) is 0 Å². The van der Waals surface area contributed by atoms with E-state index in [2.05, 4.69) is 10.3 Å². The van der Waals surface area contributed by atoms with Gasteiger partial charge in [0.25, 0.3) is 0 Å². The maximum Gasteiger partial charge on any atom is 0.237 e. The smallest absolute Gasteiger partial charge is 0.237 e. The van der Waals surface area contributed by atoms with Gasteiger partial charge in [-0.15, -0.1) is 11.3 Å². The third-order valence-corrected chi connectivity index (χ3v) is 4.10. The molecule has 5 heteroatoms. The molecule has 1 aromatic heterocycles. The van der Waals surface area contributed by atoms with Crippen molar-refractivity contribution in [1.82, 2.24) is 10.3 Å². The summed E-state index contributed by atoms with van der Waals surface area (Å²) in [6, 6.07) is 9.13. The number of hydrogen-bond donors (Lipinski definition) is 2. The van der Waals surface area contributed by atoms with Gasteiger partial charge < -0.3 is 11.1 Å². The second-order valence-electron chi connectivity index (χ2n) is 4.84. The number of rotatable bonds is 5. The quantitative estimate of drug-likeness (QED) is 0.886. The molecule has 0 fully saturated rings.